The second-order valence-corrected chi connectivity index (χ2v) is 7.11. The van der Waals surface area contributed by atoms with Crippen LogP contribution in [-0.4, -0.2) is 30.8 Å². The van der Waals surface area contributed by atoms with Crippen molar-refractivity contribution < 1.29 is 14.3 Å². The van der Waals surface area contributed by atoms with Gasteiger partial charge in [-0.1, -0.05) is 29.8 Å². The van der Waals surface area contributed by atoms with Crippen molar-refractivity contribution in [2.45, 2.75) is 17.7 Å². The quantitative estimate of drug-likeness (QED) is 0.461. The summed E-state index contributed by atoms with van der Waals surface area (Å²) in [7, 11) is 0. The van der Waals surface area contributed by atoms with E-state index in [1.54, 1.807) is 24.3 Å². The highest BCUT2D eigenvalue weighted by Crippen LogP contribution is 2.21. The van der Waals surface area contributed by atoms with Crippen molar-refractivity contribution >= 4 is 40.9 Å². The van der Waals surface area contributed by atoms with E-state index in [2.05, 4.69) is 0 Å². The van der Waals surface area contributed by atoms with Crippen molar-refractivity contribution in [1.82, 2.24) is 0 Å². The molecule has 0 spiro atoms. The summed E-state index contributed by atoms with van der Waals surface area (Å²) in [5.74, 6) is -0.237. The van der Waals surface area contributed by atoms with Crippen LogP contribution in [0.2, 0.25) is 5.02 Å². The van der Waals surface area contributed by atoms with Crippen LogP contribution in [0.5, 0.6) is 0 Å². The zero-order valence-electron chi connectivity index (χ0n) is 14.6. The molecule has 0 N–H and O–H groups in total. The number of carbonyl (C=O) groups excluding carboxylic acids is 2. The average Bonchev–Trinajstić information content (AvgIpc) is 2.69. The summed E-state index contributed by atoms with van der Waals surface area (Å²) in [5.41, 5.74) is 0.673. The van der Waals surface area contributed by atoms with Gasteiger partial charge in [0.1, 0.15) is 0 Å². The van der Waals surface area contributed by atoms with Gasteiger partial charge in [0, 0.05) is 27.9 Å². The molecule has 0 aliphatic heterocycles. The molecule has 2 aromatic rings. The van der Waals surface area contributed by atoms with Crippen molar-refractivity contribution in [2.24, 2.45) is 0 Å². The minimum absolute atomic E-state index is 0.199. The minimum Gasteiger partial charge on any atom is -0.456 e. The van der Waals surface area contributed by atoms with Crippen LogP contribution in [0.3, 0.4) is 0 Å². The number of nitriles is 1. The monoisotopic (exact) mass is 402 g/mol. The van der Waals surface area contributed by atoms with E-state index < -0.39 is 5.97 Å². The Balaban J connectivity index is 1.78. The van der Waals surface area contributed by atoms with E-state index in [0.717, 1.165) is 4.90 Å². The van der Waals surface area contributed by atoms with Gasteiger partial charge in [0.05, 0.1) is 18.9 Å². The zero-order valence-corrected chi connectivity index (χ0v) is 16.2. The second kappa shape index (κ2) is 11.3. The molecule has 0 bridgehead atoms. The lowest BCUT2D eigenvalue weighted by Crippen LogP contribution is -2.35. The van der Waals surface area contributed by atoms with E-state index in [1.165, 1.54) is 16.7 Å². The van der Waals surface area contributed by atoms with Gasteiger partial charge < -0.3 is 9.64 Å². The molecule has 2 rings (SSSR count). The molecule has 0 atom stereocenters. The first kappa shape index (κ1) is 20.8. The third-order valence-electron chi connectivity index (χ3n) is 3.56. The van der Waals surface area contributed by atoms with Crippen LogP contribution < -0.4 is 4.90 Å². The fraction of sp³-hybridized carbons (Fsp3) is 0.250. The van der Waals surface area contributed by atoms with E-state index in [-0.39, 0.29) is 31.9 Å². The van der Waals surface area contributed by atoms with Crippen LogP contribution >= 0.6 is 23.4 Å². The number of thioether (sulfide) groups is 1. The first-order valence-electron chi connectivity index (χ1n) is 8.36. The summed E-state index contributed by atoms with van der Waals surface area (Å²) >= 11 is 7.35. The minimum atomic E-state index is -0.432. The van der Waals surface area contributed by atoms with Gasteiger partial charge >= 0.3 is 5.97 Å². The first-order chi connectivity index (χ1) is 13.1. The van der Waals surface area contributed by atoms with Crippen LogP contribution in [-0.2, 0) is 14.3 Å². The van der Waals surface area contributed by atoms with Crippen molar-refractivity contribution in [3.05, 3.63) is 59.6 Å². The van der Waals surface area contributed by atoms with Gasteiger partial charge in [-0.15, -0.1) is 11.8 Å². The van der Waals surface area contributed by atoms with E-state index in [9.17, 15) is 9.59 Å². The fourth-order valence-electron chi connectivity index (χ4n) is 2.24. The lowest BCUT2D eigenvalue weighted by atomic mass is 10.2. The summed E-state index contributed by atoms with van der Waals surface area (Å²) in [4.78, 5) is 26.8. The van der Waals surface area contributed by atoms with Crippen LogP contribution in [0.1, 0.15) is 12.8 Å². The maximum atomic E-state index is 12.4. The molecule has 2 aromatic carbocycles. The van der Waals surface area contributed by atoms with Gasteiger partial charge in [-0.2, -0.15) is 5.26 Å². The topological polar surface area (TPSA) is 70.4 Å². The van der Waals surface area contributed by atoms with Gasteiger partial charge in [-0.3, -0.25) is 9.59 Å². The molecule has 0 aliphatic carbocycles. The molecular weight excluding hydrogens is 384 g/mol. The molecule has 0 heterocycles. The number of benzene rings is 2. The SMILES string of the molecule is N#CCCN(C(=O)COC(=O)CCSc1ccc(Cl)cc1)c1ccccc1. The van der Waals surface area contributed by atoms with Crippen molar-refractivity contribution in [3.63, 3.8) is 0 Å². The number of para-hydroxylation sites is 1. The number of anilines is 1. The fourth-order valence-corrected chi connectivity index (χ4v) is 3.20. The molecule has 5 nitrogen and oxygen atoms in total. The van der Waals surface area contributed by atoms with Crippen molar-refractivity contribution in [1.29, 1.82) is 5.26 Å². The number of amides is 1. The summed E-state index contributed by atoms with van der Waals surface area (Å²) in [6, 6.07) is 18.4. The Kier molecular flexibility index (Phi) is 8.69. The Hall–Kier alpha value is -2.49. The number of rotatable bonds is 9. The number of hydrogen-bond acceptors (Lipinski definition) is 5. The number of esters is 1. The Morgan fingerprint density at radius 1 is 1.11 bits per heavy atom. The molecule has 0 unspecified atom stereocenters. The second-order valence-electron chi connectivity index (χ2n) is 5.50. The highest BCUT2D eigenvalue weighted by atomic mass is 35.5. The number of ether oxygens (including phenoxy) is 1. The number of carbonyl (C=O) groups is 2. The molecule has 0 radical (unpaired) electrons. The molecule has 0 saturated heterocycles. The molecular formula is C20H19ClN2O3S. The molecule has 0 aliphatic rings. The summed E-state index contributed by atoms with van der Waals surface area (Å²) in [6.45, 7) is -0.0892. The summed E-state index contributed by atoms with van der Waals surface area (Å²) in [5, 5.41) is 9.45. The van der Waals surface area contributed by atoms with Crippen molar-refractivity contribution in [3.8, 4) is 6.07 Å². The lowest BCUT2D eigenvalue weighted by molar-refractivity contribution is -0.147. The Morgan fingerprint density at radius 3 is 2.48 bits per heavy atom. The maximum absolute atomic E-state index is 12.4. The van der Waals surface area contributed by atoms with E-state index >= 15 is 0 Å². The lowest BCUT2D eigenvalue weighted by Gasteiger charge is -2.21. The molecule has 0 saturated carbocycles. The normalized spacial score (nSPS) is 10.1. The van der Waals surface area contributed by atoms with E-state index in [1.807, 2.05) is 36.4 Å². The standard InChI is InChI=1S/C20H19ClN2O3S/c21-16-7-9-18(10-8-16)27-14-11-20(25)26-15-19(24)23(13-4-12-22)17-5-2-1-3-6-17/h1-3,5-10H,4,11,13-15H2. The van der Waals surface area contributed by atoms with Gasteiger partial charge in [0.25, 0.3) is 5.91 Å². The summed E-state index contributed by atoms with van der Waals surface area (Å²) in [6.07, 6.45) is 0.399. The third kappa shape index (κ3) is 7.33. The van der Waals surface area contributed by atoms with Gasteiger partial charge in [0.15, 0.2) is 6.61 Å². The molecule has 0 aromatic heterocycles. The smallest absolute Gasteiger partial charge is 0.307 e. The van der Waals surface area contributed by atoms with Crippen LogP contribution in [0.15, 0.2) is 59.5 Å². The Morgan fingerprint density at radius 2 is 1.81 bits per heavy atom. The predicted molar refractivity (Wildman–Crippen MR) is 107 cm³/mol. The molecule has 0 fully saturated rings. The zero-order chi connectivity index (χ0) is 19.5. The third-order valence-corrected chi connectivity index (χ3v) is 4.83. The predicted octanol–water partition coefficient (Wildman–Crippen LogP) is 4.31. The average molecular weight is 403 g/mol. The van der Waals surface area contributed by atoms with Gasteiger partial charge in [-0.25, -0.2) is 0 Å². The van der Waals surface area contributed by atoms with Crippen LogP contribution in [0.25, 0.3) is 0 Å². The maximum Gasteiger partial charge on any atom is 0.307 e. The van der Waals surface area contributed by atoms with E-state index in [0.29, 0.717) is 16.5 Å². The molecule has 27 heavy (non-hydrogen) atoms. The number of nitrogens with zero attached hydrogens (tertiary/aromatic N) is 2. The van der Waals surface area contributed by atoms with Crippen LogP contribution in [0, 0.1) is 11.3 Å². The van der Waals surface area contributed by atoms with Crippen LogP contribution in [0.4, 0.5) is 5.69 Å². The van der Waals surface area contributed by atoms with Gasteiger partial charge in [-0.05, 0) is 36.4 Å². The number of halogens is 1. The molecule has 7 heteroatoms. The largest absolute Gasteiger partial charge is 0.456 e. The highest BCUT2D eigenvalue weighted by Gasteiger charge is 2.17. The molecule has 1 amide bonds. The van der Waals surface area contributed by atoms with E-state index in [4.69, 9.17) is 21.6 Å². The highest BCUT2D eigenvalue weighted by molar-refractivity contribution is 7.99. The Bertz CT molecular complexity index is 791. The molecule has 140 valence electrons. The first-order valence-corrected chi connectivity index (χ1v) is 9.73. The summed E-state index contributed by atoms with van der Waals surface area (Å²) < 4.78 is 5.10. The van der Waals surface area contributed by atoms with Gasteiger partial charge in [0.2, 0.25) is 0 Å². The van der Waals surface area contributed by atoms with Crippen molar-refractivity contribution in [2.75, 3.05) is 23.8 Å². The number of hydrogen-bond donors (Lipinski definition) is 0. The Labute approximate surface area is 167 Å².